The SMILES string of the molecule is CCCCn1c(=O)c([N+](=O)[O-])c(-c2cnn(Cc3ccccc3F)c2)n(CCOC)c1=O. The molecule has 0 fully saturated rings. The fourth-order valence-corrected chi connectivity index (χ4v) is 3.42. The highest BCUT2D eigenvalue weighted by Gasteiger charge is 2.29. The van der Waals surface area contributed by atoms with E-state index in [1.807, 2.05) is 6.92 Å². The van der Waals surface area contributed by atoms with E-state index in [1.165, 1.54) is 34.8 Å². The molecule has 0 bridgehead atoms. The van der Waals surface area contributed by atoms with Crippen LogP contribution in [0.25, 0.3) is 11.3 Å². The molecule has 0 spiro atoms. The second kappa shape index (κ2) is 10.1. The maximum absolute atomic E-state index is 14.0. The van der Waals surface area contributed by atoms with Gasteiger partial charge in [-0.1, -0.05) is 31.5 Å². The Morgan fingerprint density at radius 2 is 1.94 bits per heavy atom. The van der Waals surface area contributed by atoms with Crippen molar-refractivity contribution in [2.45, 2.75) is 39.4 Å². The molecule has 170 valence electrons. The Morgan fingerprint density at radius 3 is 2.59 bits per heavy atom. The third-order valence-electron chi connectivity index (χ3n) is 5.04. The summed E-state index contributed by atoms with van der Waals surface area (Å²) in [6.45, 7) is 2.17. The van der Waals surface area contributed by atoms with Gasteiger partial charge in [-0.05, 0) is 12.5 Å². The lowest BCUT2D eigenvalue weighted by Gasteiger charge is -2.14. The lowest BCUT2D eigenvalue weighted by Crippen LogP contribution is -2.42. The average Bonchev–Trinajstić information content (AvgIpc) is 3.22. The summed E-state index contributed by atoms with van der Waals surface area (Å²) >= 11 is 0. The summed E-state index contributed by atoms with van der Waals surface area (Å²) in [5, 5.41) is 16.0. The molecule has 1 aromatic carbocycles. The molecule has 3 aromatic rings. The molecule has 32 heavy (non-hydrogen) atoms. The highest BCUT2D eigenvalue weighted by Crippen LogP contribution is 2.26. The first-order chi connectivity index (χ1) is 15.4. The minimum Gasteiger partial charge on any atom is -0.383 e. The molecular formula is C21H24FN5O5. The van der Waals surface area contributed by atoms with Crippen molar-refractivity contribution < 1.29 is 14.1 Å². The van der Waals surface area contributed by atoms with Gasteiger partial charge in [0.2, 0.25) is 0 Å². The third-order valence-corrected chi connectivity index (χ3v) is 5.04. The molecule has 0 amide bonds. The minimum absolute atomic E-state index is 0.0103. The van der Waals surface area contributed by atoms with Crippen LogP contribution in [-0.4, -0.2) is 37.6 Å². The number of benzene rings is 1. The molecule has 2 heterocycles. The van der Waals surface area contributed by atoms with E-state index in [0.29, 0.717) is 18.4 Å². The Bertz CT molecular complexity index is 1230. The molecule has 0 saturated heterocycles. The van der Waals surface area contributed by atoms with Gasteiger partial charge in [0.1, 0.15) is 11.5 Å². The van der Waals surface area contributed by atoms with E-state index >= 15 is 0 Å². The third kappa shape index (κ3) is 4.67. The van der Waals surface area contributed by atoms with Gasteiger partial charge in [-0.2, -0.15) is 5.10 Å². The quantitative estimate of drug-likeness (QED) is 0.350. The summed E-state index contributed by atoms with van der Waals surface area (Å²) in [7, 11) is 1.44. The predicted molar refractivity (Wildman–Crippen MR) is 115 cm³/mol. The Morgan fingerprint density at radius 1 is 1.19 bits per heavy atom. The predicted octanol–water partition coefficient (Wildman–Crippen LogP) is 2.42. The monoisotopic (exact) mass is 445 g/mol. The molecule has 0 saturated carbocycles. The number of unbranched alkanes of at least 4 members (excludes halogenated alkanes) is 1. The van der Waals surface area contributed by atoms with E-state index in [9.17, 15) is 24.1 Å². The fraction of sp³-hybridized carbons (Fsp3) is 0.381. The maximum atomic E-state index is 14.0. The first-order valence-electron chi connectivity index (χ1n) is 10.2. The number of halogens is 1. The summed E-state index contributed by atoms with van der Waals surface area (Å²) in [4.78, 5) is 37.1. The molecule has 0 atom stereocenters. The van der Waals surface area contributed by atoms with Crippen LogP contribution in [0.5, 0.6) is 0 Å². The van der Waals surface area contributed by atoms with Crippen LogP contribution in [-0.2, 0) is 24.4 Å². The van der Waals surface area contributed by atoms with Crippen LogP contribution in [0, 0.1) is 15.9 Å². The number of nitrogens with zero attached hydrogens (tertiary/aromatic N) is 5. The van der Waals surface area contributed by atoms with Crippen LogP contribution >= 0.6 is 0 Å². The normalized spacial score (nSPS) is 11.1. The molecule has 0 N–H and O–H groups in total. The smallest absolute Gasteiger partial charge is 0.358 e. The lowest BCUT2D eigenvalue weighted by atomic mass is 10.2. The molecule has 3 rings (SSSR count). The van der Waals surface area contributed by atoms with Crippen molar-refractivity contribution in [3.8, 4) is 11.3 Å². The van der Waals surface area contributed by atoms with Gasteiger partial charge < -0.3 is 4.74 Å². The van der Waals surface area contributed by atoms with Crippen LogP contribution in [0.2, 0.25) is 0 Å². The van der Waals surface area contributed by atoms with Crippen LogP contribution in [0.3, 0.4) is 0 Å². The topological polar surface area (TPSA) is 114 Å². The summed E-state index contributed by atoms with van der Waals surface area (Å²) in [6.07, 6.45) is 4.01. The molecular weight excluding hydrogens is 421 g/mol. The van der Waals surface area contributed by atoms with Gasteiger partial charge in [0, 0.05) is 31.0 Å². The molecule has 2 aromatic heterocycles. The summed E-state index contributed by atoms with van der Waals surface area (Å²) < 4.78 is 22.5. The first kappa shape index (κ1) is 23.1. The number of methoxy groups -OCH3 is 1. The zero-order valence-corrected chi connectivity index (χ0v) is 17.9. The summed E-state index contributed by atoms with van der Waals surface area (Å²) in [5.41, 5.74) is -1.87. The zero-order chi connectivity index (χ0) is 23.3. The average molecular weight is 445 g/mol. The number of rotatable bonds is 10. The van der Waals surface area contributed by atoms with Crippen LogP contribution in [0.1, 0.15) is 25.3 Å². The lowest BCUT2D eigenvalue weighted by molar-refractivity contribution is -0.386. The van der Waals surface area contributed by atoms with E-state index in [0.717, 1.165) is 4.57 Å². The molecule has 0 radical (unpaired) electrons. The van der Waals surface area contributed by atoms with Crippen LogP contribution < -0.4 is 11.2 Å². The number of aromatic nitrogens is 4. The Balaban J connectivity index is 2.17. The van der Waals surface area contributed by atoms with E-state index in [2.05, 4.69) is 5.10 Å². The fourth-order valence-electron chi connectivity index (χ4n) is 3.42. The number of nitro groups is 1. The molecule has 10 nitrogen and oxygen atoms in total. The molecule has 0 aliphatic rings. The van der Waals surface area contributed by atoms with Gasteiger partial charge >= 0.3 is 16.9 Å². The first-order valence-corrected chi connectivity index (χ1v) is 10.2. The van der Waals surface area contributed by atoms with Crippen molar-refractivity contribution in [2.24, 2.45) is 0 Å². The minimum atomic E-state index is -0.959. The Hall–Kier alpha value is -3.60. The maximum Gasteiger partial charge on any atom is 0.358 e. The summed E-state index contributed by atoms with van der Waals surface area (Å²) in [6, 6.07) is 6.18. The number of hydrogen-bond donors (Lipinski definition) is 0. The Labute approximate surface area is 182 Å². The second-order valence-electron chi connectivity index (χ2n) is 7.21. The van der Waals surface area contributed by atoms with Crippen molar-refractivity contribution in [1.82, 2.24) is 18.9 Å². The van der Waals surface area contributed by atoms with Crippen molar-refractivity contribution in [2.75, 3.05) is 13.7 Å². The molecule has 11 heteroatoms. The van der Waals surface area contributed by atoms with Gasteiger partial charge in [0.05, 0.1) is 30.8 Å². The van der Waals surface area contributed by atoms with E-state index in [-0.39, 0.29) is 37.5 Å². The molecule has 0 unspecified atom stereocenters. The van der Waals surface area contributed by atoms with Crippen molar-refractivity contribution in [3.63, 3.8) is 0 Å². The van der Waals surface area contributed by atoms with Crippen LogP contribution in [0.15, 0.2) is 46.2 Å². The van der Waals surface area contributed by atoms with Gasteiger partial charge in [-0.3, -0.25) is 28.7 Å². The standard InChI is InChI=1S/C21H24FN5O5/c1-3-4-9-26-20(28)19(27(30)31)18(25(21(26)29)10-11-32-2)16-12-23-24(14-16)13-15-7-5-6-8-17(15)22/h5-8,12,14H,3-4,9-11,13H2,1-2H3. The number of hydrogen-bond acceptors (Lipinski definition) is 6. The van der Waals surface area contributed by atoms with Gasteiger partial charge in [-0.15, -0.1) is 0 Å². The van der Waals surface area contributed by atoms with Crippen LogP contribution in [0.4, 0.5) is 10.1 Å². The molecule has 0 aliphatic carbocycles. The van der Waals surface area contributed by atoms with Crippen molar-refractivity contribution in [3.05, 3.63) is 79.0 Å². The van der Waals surface area contributed by atoms with Crippen molar-refractivity contribution >= 4 is 5.69 Å². The highest BCUT2D eigenvalue weighted by molar-refractivity contribution is 5.68. The van der Waals surface area contributed by atoms with E-state index < -0.39 is 27.7 Å². The highest BCUT2D eigenvalue weighted by atomic mass is 19.1. The zero-order valence-electron chi connectivity index (χ0n) is 17.9. The second-order valence-corrected chi connectivity index (χ2v) is 7.21. The van der Waals surface area contributed by atoms with Crippen molar-refractivity contribution in [1.29, 1.82) is 0 Å². The van der Waals surface area contributed by atoms with Gasteiger partial charge in [0.15, 0.2) is 0 Å². The van der Waals surface area contributed by atoms with E-state index in [4.69, 9.17) is 4.74 Å². The molecule has 0 aliphatic heterocycles. The largest absolute Gasteiger partial charge is 0.383 e. The van der Waals surface area contributed by atoms with Gasteiger partial charge in [0.25, 0.3) is 0 Å². The van der Waals surface area contributed by atoms with Gasteiger partial charge in [-0.25, -0.2) is 9.18 Å². The number of ether oxygens (including phenoxy) is 1. The Kier molecular flexibility index (Phi) is 7.31. The summed E-state index contributed by atoms with van der Waals surface area (Å²) in [5.74, 6) is -0.411. The van der Waals surface area contributed by atoms with E-state index in [1.54, 1.807) is 18.2 Å².